The second kappa shape index (κ2) is 9.36. The predicted octanol–water partition coefficient (Wildman–Crippen LogP) is 3.55. The van der Waals surface area contributed by atoms with Gasteiger partial charge in [0.1, 0.15) is 17.8 Å². The van der Waals surface area contributed by atoms with Crippen molar-refractivity contribution in [3.63, 3.8) is 0 Å². The number of nitrogen functional groups attached to an aromatic ring is 1. The van der Waals surface area contributed by atoms with Crippen LogP contribution in [0.3, 0.4) is 0 Å². The summed E-state index contributed by atoms with van der Waals surface area (Å²) in [5.74, 6) is 1.17. The first-order valence-corrected chi connectivity index (χ1v) is 9.67. The number of hydrazine groups is 1. The van der Waals surface area contributed by atoms with Gasteiger partial charge >= 0.3 is 0 Å². The van der Waals surface area contributed by atoms with E-state index in [0.29, 0.717) is 29.6 Å². The topological polar surface area (TPSA) is 109 Å². The Morgan fingerprint density at radius 1 is 0.871 bits per heavy atom. The summed E-state index contributed by atoms with van der Waals surface area (Å²) in [5.41, 5.74) is 13.7. The van der Waals surface area contributed by atoms with E-state index in [1.54, 1.807) is 30.5 Å². The van der Waals surface area contributed by atoms with Crippen molar-refractivity contribution in [2.75, 3.05) is 16.1 Å². The predicted molar refractivity (Wildman–Crippen MR) is 120 cm³/mol. The molecule has 0 spiro atoms. The number of nitrogens with one attached hydrogen (secondary N) is 2. The molecular weight excluding hydrogens is 390 g/mol. The van der Waals surface area contributed by atoms with Gasteiger partial charge in [0.15, 0.2) is 11.6 Å². The Morgan fingerprint density at radius 2 is 1.58 bits per heavy atom. The molecule has 0 aliphatic rings. The average Bonchev–Trinajstić information content (AvgIpc) is 2.84. The maximum Gasteiger partial charge on any atom is 0.269 e. The first-order chi connectivity index (χ1) is 15.2. The number of carbonyl (C=O) groups excluding carboxylic acids is 1. The Kier molecular flexibility index (Phi) is 5.99. The third kappa shape index (κ3) is 4.76. The number of benzene rings is 2. The highest BCUT2D eigenvalue weighted by Gasteiger charge is 2.19. The van der Waals surface area contributed by atoms with Gasteiger partial charge in [-0.05, 0) is 29.8 Å². The molecule has 0 saturated heterocycles. The fourth-order valence-electron chi connectivity index (χ4n) is 3.02. The molecule has 0 bridgehead atoms. The number of pyridine rings is 1. The van der Waals surface area contributed by atoms with Crippen LogP contribution in [0.1, 0.15) is 15.9 Å². The fraction of sp³-hybridized carbons (Fsp3) is 0.0435. The van der Waals surface area contributed by atoms with Crippen molar-refractivity contribution in [3.05, 3.63) is 103 Å². The van der Waals surface area contributed by atoms with E-state index in [4.69, 9.17) is 5.73 Å². The summed E-state index contributed by atoms with van der Waals surface area (Å²) in [6.07, 6.45) is 3.10. The van der Waals surface area contributed by atoms with Crippen LogP contribution in [0.25, 0.3) is 0 Å². The summed E-state index contributed by atoms with van der Waals surface area (Å²) in [4.78, 5) is 27.3. The van der Waals surface area contributed by atoms with Crippen LogP contribution in [-0.2, 0) is 6.54 Å². The van der Waals surface area contributed by atoms with Crippen molar-refractivity contribution >= 4 is 29.0 Å². The molecule has 2 aromatic heterocycles. The molecule has 0 fully saturated rings. The molecule has 8 nitrogen and oxygen atoms in total. The molecule has 4 aromatic rings. The van der Waals surface area contributed by atoms with Gasteiger partial charge in [-0.2, -0.15) is 0 Å². The Balaban J connectivity index is 1.61. The maximum absolute atomic E-state index is 12.3. The molecule has 31 heavy (non-hydrogen) atoms. The van der Waals surface area contributed by atoms with Gasteiger partial charge < -0.3 is 10.6 Å². The van der Waals surface area contributed by atoms with Crippen molar-refractivity contribution in [3.8, 4) is 0 Å². The molecule has 0 unspecified atom stereocenters. The van der Waals surface area contributed by atoms with Gasteiger partial charge in [-0.3, -0.25) is 15.6 Å². The second-order valence-corrected chi connectivity index (χ2v) is 6.66. The lowest BCUT2D eigenvalue weighted by Crippen LogP contribution is -2.30. The zero-order chi connectivity index (χ0) is 21.5. The van der Waals surface area contributed by atoms with Gasteiger partial charge in [-0.15, -0.1) is 0 Å². The average molecular weight is 411 g/mol. The third-order valence-electron chi connectivity index (χ3n) is 4.56. The van der Waals surface area contributed by atoms with Gasteiger partial charge in [-0.1, -0.05) is 54.6 Å². The van der Waals surface area contributed by atoms with E-state index in [9.17, 15) is 4.79 Å². The minimum atomic E-state index is -0.300. The van der Waals surface area contributed by atoms with Crippen molar-refractivity contribution in [2.45, 2.75) is 6.54 Å². The second-order valence-electron chi connectivity index (χ2n) is 6.66. The Labute approximate surface area is 179 Å². The molecule has 1 amide bonds. The summed E-state index contributed by atoms with van der Waals surface area (Å²) in [5, 5.41) is 0. The summed E-state index contributed by atoms with van der Waals surface area (Å²) >= 11 is 0. The number of rotatable bonds is 7. The Morgan fingerprint density at radius 3 is 2.29 bits per heavy atom. The smallest absolute Gasteiger partial charge is 0.269 e. The van der Waals surface area contributed by atoms with E-state index < -0.39 is 0 Å². The van der Waals surface area contributed by atoms with Gasteiger partial charge in [0.25, 0.3) is 5.91 Å². The van der Waals surface area contributed by atoms with Gasteiger partial charge in [0.05, 0.1) is 6.54 Å². The number of hydrogen-bond donors (Lipinski definition) is 3. The van der Waals surface area contributed by atoms with Crippen LogP contribution in [0.4, 0.5) is 23.1 Å². The lowest BCUT2D eigenvalue weighted by molar-refractivity contribution is 0.0962. The highest BCUT2D eigenvalue weighted by Crippen LogP contribution is 2.31. The SMILES string of the molecule is Nc1c(NNC(=O)c2ccccc2)ncnc1N(Cc1ccccc1)c1ccccn1. The lowest BCUT2D eigenvalue weighted by atomic mass is 10.2. The van der Waals surface area contributed by atoms with E-state index in [1.807, 2.05) is 59.5 Å². The number of carbonyl (C=O) groups is 1. The quantitative estimate of drug-likeness (QED) is 0.399. The molecular formula is C23H21N7O. The lowest BCUT2D eigenvalue weighted by Gasteiger charge is -2.24. The summed E-state index contributed by atoms with van der Waals surface area (Å²) in [6.45, 7) is 0.509. The van der Waals surface area contributed by atoms with Crippen LogP contribution >= 0.6 is 0 Å². The molecule has 2 heterocycles. The van der Waals surface area contributed by atoms with Gasteiger partial charge in [0, 0.05) is 11.8 Å². The molecule has 8 heteroatoms. The summed E-state index contributed by atoms with van der Waals surface area (Å²) < 4.78 is 0. The van der Waals surface area contributed by atoms with Crippen molar-refractivity contribution < 1.29 is 4.79 Å². The van der Waals surface area contributed by atoms with E-state index in [2.05, 4.69) is 25.8 Å². The molecule has 4 N–H and O–H groups in total. The highest BCUT2D eigenvalue weighted by atomic mass is 16.2. The number of hydrogen-bond acceptors (Lipinski definition) is 7. The number of anilines is 4. The molecule has 0 radical (unpaired) electrons. The molecule has 4 rings (SSSR count). The van der Waals surface area contributed by atoms with Crippen LogP contribution < -0.4 is 21.5 Å². The molecule has 0 saturated carbocycles. The first kappa shape index (κ1) is 19.8. The molecule has 0 atom stereocenters. The number of amides is 1. The molecule has 0 aliphatic heterocycles. The Bertz CT molecular complexity index is 1140. The minimum absolute atomic E-state index is 0.289. The van der Waals surface area contributed by atoms with Crippen LogP contribution in [0, 0.1) is 0 Å². The summed E-state index contributed by atoms with van der Waals surface area (Å²) in [6, 6.07) is 24.4. The van der Waals surface area contributed by atoms with Crippen LogP contribution in [0.5, 0.6) is 0 Å². The van der Waals surface area contributed by atoms with E-state index in [0.717, 1.165) is 5.56 Å². The number of aromatic nitrogens is 3. The normalized spacial score (nSPS) is 10.3. The fourth-order valence-corrected chi connectivity index (χ4v) is 3.02. The van der Waals surface area contributed by atoms with E-state index >= 15 is 0 Å². The van der Waals surface area contributed by atoms with E-state index in [1.165, 1.54) is 6.33 Å². The van der Waals surface area contributed by atoms with Crippen LogP contribution in [-0.4, -0.2) is 20.9 Å². The first-order valence-electron chi connectivity index (χ1n) is 9.67. The molecule has 154 valence electrons. The highest BCUT2D eigenvalue weighted by molar-refractivity contribution is 5.95. The van der Waals surface area contributed by atoms with Crippen molar-refractivity contribution in [2.24, 2.45) is 0 Å². The van der Waals surface area contributed by atoms with Gasteiger partial charge in [-0.25, -0.2) is 15.0 Å². The standard InChI is InChI=1S/C23H21N7O/c24-20-21(28-29-23(31)18-11-5-2-6-12-18)26-16-27-22(20)30(19-13-7-8-14-25-19)15-17-9-3-1-4-10-17/h1-14,16H,15,24H2,(H,29,31)(H,26,27,28). The van der Waals surface area contributed by atoms with E-state index in [-0.39, 0.29) is 11.6 Å². The van der Waals surface area contributed by atoms with Crippen molar-refractivity contribution in [1.82, 2.24) is 20.4 Å². The summed E-state index contributed by atoms with van der Waals surface area (Å²) in [7, 11) is 0. The number of nitrogens with zero attached hydrogens (tertiary/aromatic N) is 4. The minimum Gasteiger partial charge on any atom is -0.393 e. The van der Waals surface area contributed by atoms with Gasteiger partial charge in [0.2, 0.25) is 0 Å². The largest absolute Gasteiger partial charge is 0.393 e. The maximum atomic E-state index is 12.3. The van der Waals surface area contributed by atoms with Crippen molar-refractivity contribution in [1.29, 1.82) is 0 Å². The Hall–Kier alpha value is -4.46. The zero-order valence-corrected chi connectivity index (χ0v) is 16.6. The zero-order valence-electron chi connectivity index (χ0n) is 16.6. The molecule has 2 aromatic carbocycles. The van der Waals surface area contributed by atoms with Crippen LogP contribution in [0.2, 0.25) is 0 Å². The monoisotopic (exact) mass is 411 g/mol. The number of nitrogens with two attached hydrogens (primary N) is 1. The molecule has 0 aliphatic carbocycles. The third-order valence-corrected chi connectivity index (χ3v) is 4.56. The van der Waals surface area contributed by atoms with Crippen LogP contribution in [0.15, 0.2) is 91.4 Å².